The highest BCUT2D eigenvalue weighted by Gasteiger charge is 2.27. The average molecular weight is 777 g/mol. The molecule has 0 amide bonds. The van der Waals surface area contributed by atoms with Gasteiger partial charge in [-0.1, -0.05) is 187 Å². The van der Waals surface area contributed by atoms with Gasteiger partial charge >= 0.3 is 19.8 Å². The van der Waals surface area contributed by atoms with Crippen LogP contribution in [0.3, 0.4) is 0 Å². The Hall–Kier alpha value is -0.990. The van der Waals surface area contributed by atoms with Crippen LogP contribution in [0.4, 0.5) is 0 Å². The van der Waals surface area contributed by atoms with Crippen molar-refractivity contribution in [2.24, 2.45) is 0 Å². The van der Waals surface area contributed by atoms with E-state index >= 15 is 0 Å². The van der Waals surface area contributed by atoms with E-state index in [1.54, 1.807) is 0 Å². The maximum Gasteiger partial charge on any atom is 0.472 e. The highest BCUT2D eigenvalue weighted by atomic mass is 31.2. The summed E-state index contributed by atoms with van der Waals surface area (Å²) in [6.07, 6.45) is 35.7. The van der Waals surface area contributed by atoms with Gasteiger partial charge in [0, 0.05) is 12.8 Å². The first-order valence-electron chi connectivity index (χ1n) is 22.3. The van der Waals surface area contributed by atoms with Crippen LogP contribution in [0.25, 0.3) is 0 Å². The van der Waals surface area contributed by atoms with E-state index in [1.807, 2.05) is 21.1 Å². The molecule has 0 bridgehead atoms. The lowest BCUT2D eigenvalue weighted by Gasteiger charge is -2.24. The zero-order valence-corrected chi connectivity index (χ0v) is 36.4. The van der Waals surface area contributed by atoms with E-state index in [1.165, 1.54) is 148 Å². The van der Waals surface area contributed by atoms with Gasteiger partial charge in [-0.2, -0.15) is 0 Å². The Morgan fingerprint density at radius 2 is 0.849 bits per heavy atom. The molecule has 1 unspecified atom stereocenters. The molecule has 0 heterocycles. The monoisotopic (exact) mass is 777 g/mol. The molecule has 316 valence electrons. The van der Waals surface area contributed by atoms with Crippen LogP contribution < -0.4 is 0 Å². The minimum atomic E-state index is -4.36. The van der Waals surface area contributed by atoms with Crippen LogP contribution in [0.5, 0.6) is 0 Å². The van der Waals surface area contributed by atoms with Crippen molar-refractivity contribution in [2.45, 2.75) is 219 Å². The molecule has 10 heteroatoms. The SMILES string of the molecule is CCCCCCCCCCCCCCCCCCCC(=O)OC[C@@H](COP(=O)(O)OCC[N+](C)(C)C)OC(=O)CCCCCCCCCCCCCC. The summed E-state index contributed by atoms with van der Waals surface area (Å²) >= 11 is 0. The molecule has 0 spiro atoms. The van der Waals surface area contributed by atoms with Gasteiger partial charge < -0.3 is 18.9 Å². The van der Waals surface area contributed by atoms with Crippen molar-refractivity contribution in [2.75, 3.05) is 47.5 Å². The Kier molecular flexibility index (Phi) is 36.0. The quantitative estimate of drug-likeness (QED) is 0.0283. The average Bonchev–Trinajstić information content (AvgIpc) is 3.10. The molecule has 1 N–H and O–H groups in total. The molecule has 0 aliphatic carbocycles. The predicted octanol–water partition coefficient (Wildman–Crippen LogP) is 12.4. The van der Waals surface area contributed by atoms with E-state index in [4.69, 9.17) is 18.5 Å². The molecule has 0 aliphatic rings. The van der Waals surface area contributed by atoms with E-state index in [0.29, 0.717) is 17.4 Å². The fraction of sp³-hybridized carbons (Fsp3) is 0.953. The lowest BCUT2D eigenvalue weighted by Crippen LogP contribution is -2.37. The number of carbonyl (C=O) groups excluding carboxylic acids is 2. The van der Waals surface area contributed by atoms with Crippen molar-refractivity contribution >= 4 is 19.8 Å². The lowest BCUT2D eigenvalue weighted by molar-refractivity contribution is -0.870. The van der Waals surface area contributed by atoms with Gasteiger partial charge in [0.2, 0.25) is 0 Å². The zero-order valence-electron chi connectivity index (χ0n) is 35.5. The number of carbonyl (C=O) groups is 2. The van der Waals surface area contributed by atoms with Crippen LogP contribution in [0.1, 0.15) is 213 Å². The summed E-state index contributed by atoms with van der Waals surface area (Å²) in [5.41, 5.74) is 0. The second-order valence-electron chi connectivity index (χ2n) is 16.5. The molecule has 0 aromatic rings. The summed E-state index contributed by atoms with van der Waals surface area (Å²) in [6.45, 7) is 4.45. The molecule has 0 radical (unpaired) electrons. The summed E-state index contributed by atoms with van der Waals surface area (Å²) in [6, 6.07) is 0. The third-order valence-corrected chi connectivity index (χ3v) is 10.9. The fourth-order valence-corrected chi connectivity index (χ4v) is 7.11. The first kappa shape index (κ1) is 52.0. The van der Waals surface area contributed by atoms with Gasteiger partial charge in [-0.05, 0) is 12.8 Å². The Bertz CT molecular complexity index is 881. The van der Waals surface area contributed by atoms with Gasteiger partial charge in [-0.15, -0.1) is 0 Å². The molecule has 0 rings (SSSR count). The molecular weight excluding hydrogens is 689 g/mol. The van der Waals surface area contributed by atoms with Gasteiger partial charge in [0.05, 0.1) is 27.7 Å². The maximum atomic E-state index is 12.6. The van der Waals surface area contributed by atoms with E-state index < -0.39 is 26.5 Å². The lowest BCUT2D eigenvalue weighted by atomic mass is 10.0. The maximum absolute atomic E-state index is 12.6. The van der Waals surface area contributed by atoms with E-state index in [-0.39, 0.29) is 25.6 Å². The van der Waals surface area contributed by atoms with Crippen molar-refractivity contribution in [3.05, 3.63) is 0 Å². The Balaban J connectivity index is 4.28. The minimum Gasteiger partial charge on any atom is -0.462 e. The molecule has 0 aromatic heterocycles. The molecule has 0 fully saturated rings. The summed E-state index contributed by atoms with van der Waals surface area (Å²) in [5.74, 6) is -0.784. The van der Waals surface area contributed by atoms with Crippen molar-refractivity contribution in [1.82, 2.24) is 0 Å². The Labute approximate surface area is 327 Å². The fourth-order valence-electron chi connectivity index (χ4n) is 6.37. The van der Waals surface area contributed by atoms with E-state index in [0.717, 1.165) is 38.5 Å². The van der Waals surface area contributed by atoms with Crippen molar-refractivity contribution in [3.63, 3.8) is 0 Å². The normalized spacial score (nSPS) is 13.5. The predicted molar refractivity (Wildman–Crippen MR) is 220 cm³/mol. The first-order chi connectivity index (χ1) is 25.5. The van der Waals surface area contributed by atoms with E-state index in [9.17, 15) is 19.0 Å². The number of nitrogens with zero attached hydrogens (tertiary/aromatic N) is 1. The number of phosphoric acid groups is 1. The summed E-state index contributed by atoms with van der Waals surface area (Å²) in [7, 11) is 1.49. The summed E-state index contributed by atoms with van der Waals surface area (Å²) < 4.78 is 34.3. The third kappa shape index (κ3) is 40.5. The minimum absolute atomic E-state index is 0.0367. The largest absolute Gasteiger partial charge is 0.472 e. The van der Waals surface area contributed by atoms with E-state index in [2.05, 4.69) is 13.8 Å². The number of likely N-dealkylation sites (N-methyl/N-ethyl adjacent to an activating group) is 1. The van der Waals surface area contributed by atoms with Crippen LogP contribution in [-0.4, -0.2) is 74.9 Å². The molecule has 0 saturated heterocycles. The zero-order chi connectivity index (χ0) is 39.3. The van der Waals surface area contributed by atoms with Gasteiger partial charge in [-0.25, -0.2) is 4.57 Å². The van der Waals surface area contributed by atoms with Gasteiger partial charge in [0.25, 0.3) is 0 Å². The van der Waals surface area contributed by atoms with Gasteiger partial charge in [0.15, 0.2) is 6.10 Å². The smallest absolute Gasteiger partial charge is 0.462 e. The molecule has 9 nitrogen and oxygen atoms in total. The molecule has 0 saturated carbocycles. The number of hydrogen-bond acceptors (Lipinski definition) is 7. The summed E-state index contributed by atoms with van der Waals surface area (Å²) in [4.78, 5) is 35.3. The summed E-state index contributed by atoms with van der Waals surface area (Å²) in [5, 5.41) is 0. The van der Waals surface area contributed by atoms with Crippen LogP contribution in [-0.2, 0) is 32.7 Å². The van der Waals surface area contributed by atoms with Gasteiger partial charge in [0.1, 0.15) is 19.8 Å². The van der Waals surface area contributed by atoms with Crippen LogP contribution >= 0.6 is 7.82 Å². The molecular formula is C43H87NO8P+. The number of unbranched alkanes of at least 4 members (excludes halogenated alkanes) is 27. The molecule has 53 heavy (non-hydrogen) atoms. The number of ether oxygens (including phenoxy) is 2. The van der Waals surface area contributed by atoms with Gasteiger partial charge in [-0.3, -0.25) is 18.6 Å². The molecule has 2 atom stereocenters. The number of esters is 2. The Morgan fingerprint density at radius 1 is 0.509 bits per heavy atom. The first-order valence-corrected chi connectivity index (χ1v) is 23.8. The molecule has 0 aliphatic heterocycles. The second-order valence-corrected chi connectivity index (χ2v) is 17.9. The van der Waals surface area contributed by atoms with Crippen molar-refractivity contribution < 1.29 is 42.1 Å². The number of phosphoric ester groups is 1. The highest BCUT2D eigenvalue weighted by Crippen LogP contribution is 2.43. The second kappa shape index (κ2) is 36.6. The van der Waals surface area contributed by atoms with Crippen LogP contribution in [0.2, 0.25) is 0 Å². The van der Waals surface area contributed by atoms with Crippen LogP contribution in [0, 0.1) is 0 Å². The molecule has 0 aromatic carbocycles. The standard InChI is InChI=1S/C43H86NO8P/c1-6-8-10-12-14-16-18-20-21-22-23-24-26-27-29-31-33-35-42(45)49-39-41(40-51-53(47,48)50-38-37-44(3,4)5)52-43(46)36-34-32-30-28-25-19-17-15-13-11-9-7-2/h41H,6-40H2,1-5H3/p+1/t41-/m0/s1. The van der Waals surface area contributed by atoms with Crippen molar-refractivity contribution in [1.29, 1.82) is 0 Å². The Morgan fingerprint density at radius 3 is 1.21 bits per heavy atom. The topological polar surface area (TPSA) is 108 Å². The van der Waals surface area contributed by atoms with Crippen molar-refractivity contribution in [3.8, 4) is 0 Å². The number of quaternary nitrogens is 1. The number of hydrogen-bond donors (Lipinski definition) is 1. The third-order valence-electron chi connectivity index (χ3n) is 9.89. The number of rotatable bonds is 41. The van der Waals surface area contributed by atoms with Crippen LogP contribution in [0.15, 0.2) is 0 Å². The highest BCUT2D eigenvalue weighted by molar-refractivity contribution is 7.47.